The smallest absolute Gasteiger partial charge is 0.275 e. The molecule has 2 aliphatic carbocycles. The molecule has 0 aliphatic heterocycles. The molecule has 0 radical (unpaired) electrons. The maximum atomic E-state index is 12.3. The van der Waals surface area contributed by atoms with E-state index in [9.17, 15) is 9.90 Å². The van der Waals surface area contributed by atoms with E-state index in [0.717, 1.165) is 16.5 Å². The lowest BCUT2D eigenvalue weighted by molar-refractivity contribution is 0.0952. The number of phenols is 1. The van der Waals surface area contributed by atoms with E-state index in [2.05, 4.69) is 10.5 Å². The fourth-order valence-electron chi connectivity index (χ4n) is 2.86. The number of rotatable bonds is 4. The number of carbonyl (C=O) groups is 1. The quantitative estimate of drug-likeness (QED) is 0.670. The number of amides is 1. The first-order chi connectivity index (χ1) is 10.7. The Morgan fingerprint density at radius 3 is 2.23 bits per heavy atom. The highest BCUT2D eigenvalue weighted by atomic mass is 16.3. The molecule has 2 aromatic carbocycles. The Labute approximate surface area is 128 Å². The predicted octanol–water partition coefficient (Wildman–Crippen LogP) is 3.45. The minimum Gasteiger partial charge on any atom is -0.507 e. The lowest BCUT2D eigenvalue weighted by Crippen LogP contribution is -2.21. The monoisotopic (exact) mass is 294 g/mol. The van der Waals surface area contributed by atoms with E-state index in [0.29, 0.717) is 11.8 Å². The number of hydrogen-bond acceptors (Lipinski definition) is 3. The summed E-state index contributed by atoms with van der Waals surface area (Å²) < 4.78 is 0. The Morgan fingerprint density at radius 1 is 1.05 bits per heavy atom. The number of phenolic OH excluding ortho intramolecular Hbond substituents is 1. The summed E-state index contributed by atoms with van der Waals surface area (Å²) in [6.07, 6.45) is 4.75. The summed E-state index contributed by atoms with van der Waals surface area (Å²) >= 11 is 0. The SMILES string of the molecule is O=C(NN=C(C1CC1)C1CC1)c1cc2ccccc2cc1O. The Bertz CT molecular complexity index is 760. The molecule has 2 fully saturated rings. The van der Waals surface area contributed by atoms with Gasteiger partial charge in [0.15, 0.2) is 0 Å². The van der Waals surface area contributed by atoms with Gasteiger partial charge in [-0.15, -0.1) is 0 Å². The summed E-state index contributed by atoms with van der Waals surface area (Å²) in [7, 11) is 0. The second-order valence-electron chi connectivity index (χ2n) is 6.24. The van der Waals surface area contributed by atoms with Crippen LogP contribution in [0.4, 0.5) is 0 Å². The first kappa shape index (κ1) is 13.3. The molecule has 4 nitrogen and oxygen atoms in total. The number of nitrogens with zero attached hydrogens (tertiary/aromatic N) is 1. The maximum Gasteiger partial charge on any atom is 0.275 e. The van der Waals surface area contributed by atoms with Gasteiger partial charge in [-0.05, 0) is 60.4 Å². The average molecular weight is 294 g/mol. The molecule has 2 aromatic rings. The Hall–Kier alpha value is -2.36. The standard InChI is InChI=1S/C18H18N2O2/c21-16-10-14-4-2-1-3-13(14)9-15(16)18(22)20-19-17(11-5-6-11)12-7-8-12/h1-4,9-12,21H,5-8H2,(H,20,22). The van der Waals surface area contributed by atoms with Crippen molar-refractivity contribution in [3.8, 4) is 5.75 Å². The van der Waals surface area contributed by atoms with E-state index in [1.54, 1.807) is 12.1 Å². The predicted molar refractivity (Wildman–Crippen MR) is 86.0 cm³/mol. The second-order valence-corrected chi connectivity index (χ2v) is 6.24. The van der Waals surface area contributed by atoms with Gasteiger partial charge in [-0.3, -0.25) is 4.79 Å². The molecule has 0 aromatic heterocycles. The fourth-order valence-corrected chi connectivity index (χ4v) is 2.86. The lowest BCUT2D eigenvalue weighted by Gasteiger charge is -2.07. The Balaban J connectivity index is 1.59. The zero-order valence-electron chi connectivity index (χ0n) is 12.2. The minimum atomic E-state index is -0.345. The number of nitrogens with one attached hydrogen (secondary N) is 1. The molecule has 0 spiro atoms. The molecule has 2 N–H and O–H groups in total. The van der Waals surface area contributed by atoms with Crippen LogP contribution in [0.1, 0.15) is 36.0 Å². The molecule has 2 saturated carbocycles. The largest absolute Gasteiger partial charge is 0.507 e. The van der Waals surface area contributed by atoms with E-state index < -0.39 is 0 Å². The van der Waals surface area contributed by atoms with Crippen molar-refractivity contribution in [1.82, 2.24) is 5.43 Å². The van der Waals surface area contributed by atoms with Crippen LogP contribution in [-0.4, -0.2) is 16.7 Å². The third-order valence-electron chi connectivity index (χ3n) is 4.39. The number of fused-ring (bicyclic) bond motifs is 1. The average Bonchev–Trinajstić information content (AvgIpc) is 3.39. The molecule has 0 bridgehead atoms. The Morgan fingerprint density at radius 2 is 1.64 bits per heavy atom. The molecule has 4 rings (SSSR count). The summed E-state index contributed by atoms with van der Waals surface area (Å²) in [6, 6.07) is 11.0. The van der Waals surface area contributed by atoms with Crippen molar-refractivity contribution >= 4 is 22.4 Å². The van der Waals surface area contributed by atoms with Crippen LogP contribution in [0.25, 0.3) is 10.8 Å². The molecule has 22 heavy (non-hydrogen) atoms. The van der Waals surface area contributed by atoms with Gasteiger partial charge in [0.25, 0.3) is 5.91 Å². The second kappa shape index (κ2) is 5.13. The number of benzene rings is 2. The molecular formula is C18H18N2O2. The zero-order chi connectivity index (χ0) is 15.1. The summed E-state index contributed by atoms with van der Waals surface area (Å²) in [6.45, 7) is 0. The van der Waals surface area contributed by atoms with Crippen molar-refractivity contribution in [3.05, 3.63) is 42.0 Å². The molecule has 0 saturated heterocycles. The minimum absolute atomic E-state index is 0.00852. The third kappa shape index (κ3) is 2.56. The third-order valence-corrected chi connectivity index (χ3v) is 4.39. The van der Waals surface area contributed by atoms with E-state index in [-0.39, 0.29) is 17.2 Å². The zero-order valence-corrected chi connectivity index (χ0v) is 12.2. The van der Waals surface area contributed by atoms with Crippen LogP contribution < -0.4 is 5.43 Å². The van der Waals surface area contributed by atoms with Crippen LogP contribution in [0.2, 0.25) is 0 Å². The van der Waals surface area contributed by atoms with Gasteiger partial charge in [0, 0.05) is 5.71 Å². The van der Waals surface area contributed by atoms with Crippen molar-refractivity contribution in [2.45, 2.75) is 25.7 Å². The highest BCUT2D eigenvalue weighted by Gasteiger charge is 2.38. The van der Waals surface area contributed by atoms with Crippen LogP contribution in [0.5, 0.6) is 5.75 Å². The van der Waals surface area contributed by atoms with Crippen LogP contribution >= 0.6 is 0 Å². The number of hydrazone groups is 1. The lowest BCUT2D eigenvalue weighted by atomic mass is 10.1. The highest BCUT2D eigenvalue weighted by Crippen LogP contribution is 2.42. The molecular weight excluding hydrogens is 276 g/mol. The normalized spacial score (nSPS) is 17.3. The summed E-state index contributed by atoms with van der Waals surface area (Å²) in [5.74, 6) is 0.781. The van der Waals surface area contributed by atoms with Gasteiger partial charge in [0.2, 0.25) is 0 Å². The first-order valence-electron chi connectivity index (χ1n) is 7.82. The molecule has 0 atom stereocenters. The summed E-state index contributed by atoms with van der Waals surface area (Å²) in [4.78, 5) is 12.3. The molecule has 112 valence electrons. The highest BCUT2D eigenvalue weighted by molar-refractivity contribution is 6.02. The summed E-state index contributed by atoms with van der Waals surface area (Å²) in [5.41, 5.74) is 4.05. The van der Waals surface area contributed by atoms with Gasteiger partial charge in [-0.2, -0.15) is 5.10 Å². The van der Waals surface area contributed by atoms with Crippen molar-refractivity contribution in [2.24, 2.45) is 16.9 Å². The van der Waals surface area contributed by atoms with E-state index in [1.807, 2.05) is 24.3 Å². The van der Waals surface area contributed by atoms with Crippen LogP contribution in [0.15, 0.2) is 41.5 Å². The summed E-state index contributed by atoms with van der Waals surface area (Å²) in [5, 5.41) is 16.3. The molecule has 4 heteroatoms. The van der Waals surface area contributed by atoms with E-state index in [4.69, 9.17) is 0 Å². The van der Waals surface area contributed by atoms with Crippen LogP contribution in [-0.2, 0) is 0 Å². The van der Waals surface area contributed by atoms with Crippen LogP contribution in [0, 0.1) is 11.8 Å². The molecule has 0 heterocycles. The van der Waals surface area contributed by atoms with Crippen molar-refractivity contribution in [3.63, 3.8) is 0 Å². The van der Waals surface area contributed by atoms with Gasteiger partial charge in [0.1, 0.15) is 5.75 Å². The number of aromatic hydroxyl groups is 1. The molecule has 1 amide bonds. The van der Waals surface area contributed by atoms with Crippen molar-refractivity contribution in [2.75, 3.05) is 0 Å². The van der Waals surface area contributed by atoms with Crippen molar-refractivity contribution < 1.29 is 9.90 Å². The van der Waals surface area contributed by atoms with E-state index in [1.165, 1.54) is 25.7 Å². The van der Waals surface area contributed by atoms with Gasteiger partial charge in [0.05, 0.1) is 5.56 Å². The van der Waals surface area contributed by atoms with Crippen molar-refractivity contribution in [1.29, 1.82) is 0 Å². The van der Waals surface area contributed by atoms with E-state index >= 15 is 0 Å². The van der Waals surface area contributed by atoms with Gasteiger partial charge in [-0.1, -0.05) is 24.3 Å². The van der Waals surface area contributed by atoms with Crippen LogP contribution in [0.3, 0.4) is 0 Å². The maximum absolute atomic E-state index is 12.3. The molecule has 2 aliphatic rings. The topological polar surface area (TPSA) is 61.7 Å². The van der Waals surface area contributed by atoms with Gasteiger partial charge >= 0.3 is 0 Å². The Kier molecular flexibility index (Phi) is 3.10. The van der Waals surface area contributed by atoms with Gasteiger partial charge in [-0.25, -0.2) is 5.43 Å². The first-order valence-corrected chi connectivity index (χ1v) is 7.82. The van der Waals surface area contributed by atoms with Gasteiger partial charge < -0.3 is 5.11 Å². The fraction of sp³-hybridized carbons (Fsp3) is 0.333. The molecule has 0 unspecified atom stereocenters. The number of hydrogen-bond donors (Lipinski definition) is 2. The number of carbonyl (C=O) groups excluding carboxylic acids is 1.